The van der Waals surface area contributed by atoms with Crippen LogP contribution in [-0.2, 0) is 9.59 Å². The number of nitrogens with zero attached hydrogens (tertiary/aromatic N) is 1. The van der Waals surface area contributed by atoms with Crippen LogP contribution in [0, 0.1) is 0 Å². The van der Waals surface area contributed by atoms with E-state index in [9.17, 15) is 14.4 Å². The molecule has 0 spiro atoms. The normalized spacial score (nSPS) is 15.7. The van der Waals surface area contributed by atoms with Gasteiger partial charge in [0, 0.05) is 16.5 Å². The predicted molar refractivity (Wildman–Crippen MR) is 115 cm³/mol. The standard InChI is InChI=1S/C23H25N3O4/c1-3-11-23(12-4-2)21(28)26(22(29)25-23)14-20(27)24-15-9-10-19-17(13-15)16-7-5-6-8-18(16)30-19/h5-10,13H,3-4,11-12,14H2,1-2H3,(H,24,27)(H,25,29). The molecule has 7 nitrogen and oxygen atoms in total. The molecule has 4 amide bonds. The Kier molecular flexibility index (Phi) is 5.20. The topological polar surface area (TPSA) is 91.7 Å². The molecule has 7 heteroatoms. The van der Waals surface area contributed by atoms with Gasteiger partial charge in [-0.1, -0.05) is 44.9 Å². The summed E-state index contributed by atoms with van der Waals surface area (Å²) in [5.41, 5.74) is 1.19. The summed E-state index contributed by atoms with van der Waals surface area (Å²) in [5, 5.41) is 7.47. The molecule has 4 rings (SSSR count). The van der Waals surface area contributed by atoms with E-state index < -0.39 is 17.5 Å². The molecule has 2 heterocycles. The average molecular weight is 407 g/mol. The van der Waals surface area contributed by atoms with Crippen LogP contribution in [0.3, 0.4) is 0 Å². The lowest BCUT2D eigenvalue weighted by Crippen LogP contribution is -2.47. The zero-order chi connectivity index (χ0) is 21.3. The number of hydrogen-bond acceptors (Lipinski definition) is 4. The number of urea groups is 1. The number of para-hydroxylation sites is 1. The van der Waals surface area contributed by atoms with Crippen molar-refractivity contribution in [1.82, 2.24) is 10.2 Å². The van der Waals surface area contributed by atoms with Gasteiger partial charge in [-0.3, -0.25) is 14.5 Å². The van der Waals surface area contributed by atoms with E-state index in [1.807, 2.05) is 44.2 Å². The van der Waals surface area contributed by atoms with Crippen molar-refractivity contribution in [2.45, 2.75) is 45.1 Å². The van der Waals surface area contributed by atoms with Crippen LogP contribution < -0.4 is 10.6 Å². The van der Waals surface area contributed by atoms with Gasteiger partial charge < -0.3 is 15.1 Å². The third kappa shape index (κ3) is 3.40. The third-order valence-corrected chi connectivity index (χ3v) is 5.56. The monoisotopic (exact) mass is 407 g/mol. The Morgan fingerprint density at radius 3 is 2.47 bits per heavy atom. The van der Waals surface area contributed by atoms with E-state index in [1.54, 1.807) is 12.1 Å². The highest BCUT2D eigenvalue weighted by Gasteiger charge is 2.50. The molecular formula is C23H25N3O4. The molecule has 0 aliphatic carbocycles. The van der Waals surface area contributed by atoms with Crippen LogP contribution in [0.4, 0.5) is 10.5 Å². The Morgan fingerprint density at radius 2 is 1.73 bits per heavy atom. The van der Waals surface area contributed by atoms with Crippen molar-refractivity contribution >= 4 is 45.5 Å². The van der Waals surface area contributed by atoms with Gasteiger partial charge >= 0.3 is 6.03 Å². The van der Waals surface area contributed by atoms with Crippen LogP contribution in [0.1, 0.15) is 39.5 Å². The van der Waals surface area contributed by atoms with Gasteiger partial charge in [-0.2, -0.15) is 0 Å². The number of carbonyl (C=O) groups is 3. The Labute approximate surface area is 174 Å². The van der Waals surface area contributed by atoms with Crippen LogP contribution in [-0.4, -0.2) is 34.8 Å². The fourth-order valence-corrected chi connectivity index (χ4v) is 4.29. The van der Waals surface area contributed by atoms with E-state index in [-0.39, 0.29) is 12.5 Å². The van der Waals surface area contributed by atoms with Crippen molar-refractivity contribution < 1.29 is 18.8 Å². The summed E-state index contributed by atoms with van der Waals surface area (Å²) in [7, 11) is 0. The average Bonchev–Trinajstić information content (AvgIpc) is 3.19. The van der Waals surface area contributed by atoms with E-state index in [0.717, 1.165) is 39.7 Å². The minimum absolute atomic E-state index is 0.315. The Bertz CT molecular complexity index is 1130. The van der Waals surface area contributed by atoms with Crippen LogP contribution in [0.15, 0.2) is 46.9 Å². The second-order valence-corrected chi connectivity index (χ2v) is 7.76. The maximum absolute atomic E-state index is 12.9. The lowest BCUT2D eigenvalue weighted by molar-refractivity contribution is -0.134. The lowest BCUT2D eigenvalue weighted by atomic mass is 9.88. The highest BCUT2D eigenvalue weighted by atomic mass is 16.3. The molecule has 1 aliphatic rings. The number of furan rings is 1. The lowest BCUT2D eigenvalue weighted by Gasteiger charge is -2.25. The fourth-order valence-electron chi connectivity index (χ4n) is 4.29. The summed E-state index contributed by atoms with van der Waals surface area (Å²) >= 11 is 0. The second kappa shape index (κ2) is 7.82. The van der Waals surface area contributed by atoms with Gasteiger partial charge in [0.2, 0.25) is 5.91 Å². The van der Waals surface area contributed by atoms with Crippen LogP contribution in [0.5, 0.6) is 0 Å². The van der Waals surface area contributed by atoms with Gasteiger partial charge in [-0.25, -0.2) is 4.79 Å². The van der Waals surface area contributed by atoms with Crippen molar-refractivity contribution in [3.63, 3.8) is 0 Å². The van der Waals surface area contributed by atoms with Crippen molar-refractivity contribution in [2.24, 2.45) is 0 Å². The summed E-state index contributed by atoms with van der Waals surface area (Å²) in [6.45, 7) is 3.63. The largest absolute Gasteiger partial charge is 0.456 e. The molecule has 156 valence electrons. The molecular weight excluding hydrogens is 382 g/mol. The van der Waals surface area contributed by atoms with E-state index in [0.29, 0.717) is 18.5 Å². The maximum atomic E-state index is 12.9. The van der Waals surface area contributed by atoms with Gasteiger partial charge in [0.1, 0.15) is 23.2 Å². The highest BCUT2D eigenvalue weighted by molar-refractivity contribution is 6.11. The smallest absolute Gasteiger partial charge is 0.325 e. The van der Waals surface area contributed by atoms with Gasteiger partial charge in [0.25, 0.3) is 5.91 Å². The summed E-state index contributed by atoms with van der Waals surface area (Å²) < 4.78 is 5.80. The van der Waals surface area contributed by atoms with E-state index >= 15 is 0 Å². The number of anilines is 1. The number of rotatable bonds is 7. The number of amides is 4. The van der Waals surface area contributed by atoms with Crippen LogP contribution >= 0.6 is 0 Å². The van der Waals surface area contributed by atoms with Gasteiger partial charge in [0.15, 0.2) is 0 Å². The zero-order valence-electron chi connectivity index (χ0n) is 17.2. The molecule has 0 radical (unpaired) electrons. The van der Waals surface area contributed by atoms with Crippen molar-refractivity contribution in [3.05, 3.63) is 42.5 Å². The minimum atomic E-state index is -0.893. The predicted octanol–water partition coefficient (Wildman–Crippen LogP) is 4.42. The van der Waals surface area contributed by atoms with E-state index in [2.05, 4.69) is 10.6 Å². The van der Waals surface area contributed by atoms with Gasteiger partial charge in [-0.05, 0) is 37.1 Å². The first-order chi connectivity index (χ1) is 14.5. The van der Waals surface area contributed by atoms with Gasteiger partial charge in [0.05, 0.1) is 0 Å². The molecule has 2 aromatic carbocycles. The maximum Gasteiger partial charge on any atom is 0.325 e. The number of hydrogen-bond donors (Lipinski definition) is 2. The molecule has 1 fully saturated rings. The number of fused-ring (bicyclic) bond motifs is 3. The summed E-state index contributed by atoms with van der Waals surface area (Å²) in [6.07, 6.45) is 2.66. The first-order valence-electron chi connectivity index (χ1n) is 10.3. The second-order valence-electron chi connectivity index (χ2n) is 7.76. The molecule has 0 atom stereocenters. The minimum Gasteiger partial charge on any atom is -0.456 e. The molecule has 1 saturated heterocycles. The van der Waals surface area contributed by atoms with Gasteiger partial charge in [-0.15, -0.1) is 0 Å². The third-order valence-electron chi connectivity index (χ3n) is 5.56. The van der Waals surface area contributed by atoms with Crippen molar-refractivity contribution in [1.29, 1.82) is 0 Å². The molecule has 0 bridgehead atoms. The Morgan fingerprint density at radius 1 is 1.03 bits per heavy atom. The summed E-state index contributed by atoms with van der Waals surface area (Å²) in [4.78, 5) is 39.0. The Balaban J connectivity index is 1.51. The summed E-state index contributed by atoms with van der Waals surface area (Å²) in [5.74, 6) is -0.739. The molecule has 0 unspecified atom stereocenters. The number of imide groups is 1. The molecule has 1 aromatic heterocycles. The fraction of sp³-hybridized carbons (Fsp3) is 0.348. The quantitative estimate of drug-likeness (QED) is 0.567. The van der Waals surface area contributed by atoms with Crippen LogP contribution in [0.25, 0.3) is 21.9 Å². The molecule has 30 heavy (non-hydrogen) atoms. The van der Waals surface area contributed by atoms with E-state index in [1.165, 1.54) is 0 Å². The van der Waals surface area contributed by atoms with Crippen molar-refractivity contribution in [2.75, 3.05) is 11.9 Å². The zero-order valence-corrected chi connectivity index (χ0v) is 17.2. The first kappa shape index (κ1) is 19.9. The number of nitrogens with one attached hydrogen (secondary N) is 2. The van der Waals surface area contributed by atoms with Crippen LogP contribution in [0.2, 0.25) is 0 Å². The number of carbonyl (C=O) groups excluding carboxylic acids is 3. The molecule has 2 N–H and O–H groups in total. The molecule has 3 aromatic rings. The molecule has 1 aliphatic heterocycles. The number of benzene rings is 2. The summed E-state index contributed by atoms with van der Waals surface area (Å²) in [6, 6.07) is 12.6. The van der Waals surface area contributed by atoms with Crippen molar-refractivity contribution in [3.8, 4) is 0 Å². The Hall–Kier alpha value is -3.35. The van der Waals surface area contributed by atoms with E-state index in [4.69, 9.17) is 4.42 Å². The first-order valence-corrected chi connectivity index (χ1v) is 10.3. The molecule has 0 saturated carbocycles. The highest BCUT2D eigenvalue weighted by Crippen LogP contribution is 2.31. The SMILES string of the molecule is CCCC1(CCC)NC(=O)N(CC(=O)Nc2ccc3oc4ccccc4c3c2)C1=O.